The number of rotatable bonds is 2. The number of carbonyl (C=O) groups excluding carboxylic acids is 1. The number of H-pyrrole nitrogens is 1. The van der Waals surface area contributed by atoms with E-state index in [4.69, 9.17) is 0 Å². The van der Waals surface area contributed by atoms with Crippen LogP contribution in [0, 0.1) is 20.8 Å². The molecule has 0 bridgehead atoms. The lowest BCUT2D eigenvalue weighted by Crippen LogP contribution is -2.12. The second kappa shape index (κ2) is 5.05. The molecule has 0 aliphatic rings. The molecule has 2 heterocycles. The zero-order valence-corrected chi connectivity index (χ0v) is 12.3. The van der Waals surface area contributed by atoms with E-state index in [2.05, 4.69) is 22.2 Å². The second-order valence-corrected chi connectivity index (χ2v) is 5.28. The van der Waals surface area contributed by atoms with Crippen LogP contribution in [0.1, 0.15) is 27.2 Å². The van der Waals surface area contributed by atoms with Gasteiger partial charge in [-0.2, -0.15) is 0 Å². The number of carbonyl (C=O) groups is 1. The highest BCUT2D eigenvalue weighted by Crippen LogP contribution is 2.23. The van der Waals surface area contributed by atoms with Gasteiger partial charge >= 0.3 is 0 Å². The smallest absolute Gasteiger partial charge is 0.255 e. The van der Waals surface area contributed by atoms with Gasteiger partial charge in [0.25, 0.3) is 5.91 Å². The summed E-state index contributed by atoms with van der Waals surface area (Å²) in [6.45, 7) is 6.02. The summed E-state index contributed by atoms with van der Waals surface area (Å²) in [7, 11) is 0. The molecule has 4 nitrogen and oxygen atoms in total. The van der Waals surface area contributed by atoms with Crippen LogP contribution in [0.4, 0.5) is 5.69 Å². The molecule has 1 aromatic carbocycles. The first-order valence-corrected chi connectivity index (χ1v) is 6.87. The number of hydrogen-bond acceptors (Lipinski definition) is 2. The largest absolute Gasteiger partial charge is 0.358 e. The predicted molar refractivity (Wildman–Crippen MR) is 84.7 cm³/mol. The monoisotopic (exact) mass is 279 g/mol. The molecule has 3 aromatic rings. The van der Waals surface area contributed by atoms with Crippen molar-refractivity contribution in [3.05, 3.63) is 59.0 Å². The van der Waals surface area contributed by atoms with Crippen molar-refractivity contribution in [2.75, 3.05) is 5.32 Å². The summed E-state index contributed by atoms with van der Waals surface area (Å²) in [6.07, 6.45) is 3.41. The van der Waals surface area contributed by atoms with E-state index < -0.39 is 0 Å². The van der Waals surface area contributed by atoms with Crippen LogP contribution < -0.4 is 5.32 Å². The van der Waals surface area contributed by atoms with Gasteiger partial charge < -0.3 is 10.3 Å². The predicted octanol–water partition coefficient (Wildman–Crippen LogP) is 3.74. The van der Waals surface area contributed by atoms with Crippen molar-refractivity contribution in [2.24, 2.45) is 0 Å². The van der Waals surface area contributed by atoms with Gasteiger partial charge in [-0.3, -0.25) is 9.78 Å². The SMILES string of the molecule is Cc1cnccc1NC(=O)c1ccc2[nH]c(C)c(C)c2c1. The molecule has 0 spiro atoms. The molecule has 0 unspecified atom stereocenters. The van der Waals surface area contributed by atoms with Gasteiger partial charge in [-0.1, -0.05) is 0 Å². The van der Waals surface area contributed by atoms with E-state index in [9.17, 15) is 4.79 Å². The summed E-state index contributed by atoms with van der Waals surface area (Å²) in [5, 5.41) is 4.02. The Morgan fingerprint density at radius 1 is 1.19 bits per heavy atom. The number of amides is 1. The van der Waals surface area contributed by atoms with Crippen LogP contribution in [0.25, 0.3) is 10.9 Å². The van der Waals surface area contributed by atoms with Gasteiger partial charge in [0.1, 0.15) is 0 Å². The zero-order valence-electron chi connectivity index (χ0n) is 12.3. The van der Waals surface area contributed by atoms with Crippen LogP contribution in [0.15, 0.2) is 36.7 Å². The standard InChI is InChI=1S/C17H17N3O/c1-10-9-18-7-6-15(10)20-17(21)13-4-5-16-14(8-13)11(2)12(3)19-16/h4-9,19H,1-3H3,(H,18,20,21). The first kappa shape index (κ1) is 13.4. The Morgan fingerprint density at radius 3 is 2.76 bits per heavy atom. The summed E-state index contributed by atoms with van der Waals surface area (Å²) in [4.78, 5) is 19.7. The lowest BCUT2D eigenvalue weighted by Gasteiger charge is -2.07. The minimum Gasteiger partial charge on any atom is -0.358 e. The fourth-order valence-electron chi connectivity index (χ4n) is 2.41. The van der Waals surface area contributed by atoms with Crippen LogP contribution in [0.5, 0.6) is 0 Å². The van der Waals surface area contributed by atoms with E-state index in [0.29, 0.717) is 5.56 Å². The molecule has 0 saturated heterocycles. The van der Waals surface area contributed by atoms with Crippen molar-refractivity contribution >= 4 is 22.5 Å². The van der Waals surface area contributed by atoms with Crippen molar-refractivity contribution in [3.8, 4) is 0 Å². The topological polar surface area (TPSA) is 57.8 Å². The summed E-state index contributed by atoms with van der Waals surface area (Å²) < 4.78 is 0. The highest BCUT2D eigenvalue weighted by molar-refractivity contribution is 6.06. The van der Waals surface area contributed by atoms with Gasteiger partial charge in [-0.05, 0) is 56.2 Å². The molecule has 0 atom stereocenters. The summed E-state index contributed by atoms with van der Waals surface area (Å²) >= 11 is 0. The van der Waals surface area contributed by atoms with E-state index in [0.717, 1.165) is 27.8 Å². The maximum absolute atomic E-state index is 12.4. The van der Waals surface area contributed by atoms with Gasteiger partial charge in [0.2, 0.25) is 0 Å². The fraction of sp³-hybridized carbons (Fsp3) is 0.176. The van der Waals surface area contributed by atoms with Crippen LogP contribution in [-0.4, -0.2) is 15.9 Å². The van der Waals surface area contributed by atoms with Crippen LogP contribution >= 0.6 is 0 Å². The molecule has 21 heavy (non-hydrogen) atoms. The van der Waals surface area contributed by atoms with E-state index >= 15 is 0 Å². The Kier molecular flexibility index (Phi) is 3.22. The average molecular weight is 279 g/mol. The molecule has 0 aliphatic carbocycles. The Balaban J connectivity index is 1.95. The van der Waals surface area contributed by atoms with Crippen molar-refractivity contribution < 1.29 is 4.79 Å². The zero-order chi connectivity index (χ0) is 15.0. The molecule has 0 aliphatic heterocycles. The van der Waals surface area contributed by atoms with Gasteiger partial charge in [0.05, 0.1) is 0 Å². The van der Waals surface area contributed by atoms with Gasteiger partial charge in [0, 0.05) is 40.2 Å². The lowest BCUT2D eigenvalue weighted by molar-refractivity contribution is 0.102. The van der Waals surface area contributed by atoms with E-state index in [1.807, 2.05) is 32.0 Å². The lowest BCUT2D eigenvalue weighted by atomic mass is 10.1. The number of benzene rings is 1. The van der Waals surface area contributed by atoms with Crippen LogP contribution in [0.3, 0.4) is 0 Å². The second-order valence-electron chi connectivity index (χ2n) is 5.28. The first-order valence-electron chi connectivity index (χ1n) is 6.87. The van der Waals surface area contributed by atoms with Crippen LogP contribution in [0.2, 0.25) is 0 Å². The Labute approximate surface area is 123 Å². The summed E-state index contributed by atoms with van der Waals surface area (Å²) in [6, 6.07) is 7.52. The van der Waals surface area contributed by atoms with Gasteiger partial charge in [-0.25, -0.2) is 0 Å². The van der Waals surface area contributed by atoms with Crippen molar-refractivity contribution in [1.82, 2.24) is 9.97 Å². The third-order valence-electron chi connectivity index (χ3n) is 3.84. The van der Waals surface area contributed by atoms with Crippen molar-refractivity contribution in [1.29, 1.82) is 0 Å². The maximum Gasteiger partial charge on any atom is 0.255 e. The number of hydrogen-bond donors (Lipinski definition) is 2. The normalized spacial score (nSPS) is 10.8. The number of nitrogens with zero attached hydrogens (tertiary/aromatic N) is 1. The van der Waals surface area contributed by atoms with E-state index in [1.165, 1.54) is 5.56 Å². The Hall–Kier alpha value is -2.62. The molecular weight excluding hydrogens is 262 g/mol. The molecule has 106 valence electrons. The molecule has 2 aromatic heterocycles. The number of aromatic nitrogens is 2. The molecular formula is C17H17N3O. The number of aryl methyl sites for hydroxylation is 3. The third-order valence-corrected chi connectivity index (χ3v) is 3.84. The number of nitrogens with one attached hydrogen (secondary N) is 2. The summed E-state index contributed by atoms with van der Waals surface area (Å²) in [5.41, 5.74) is 5.76. The first-order chi connectivity index (χ1) is 10.1. The summed E-state index contributed by atoms with van der Waals surface area (Å²) in [5.74, 6) is -0.107. The van der Waals surface area contributed by atoms with Crippen molar-refractivity contribution in [2.45, 2.75) is 20.8 Å². The molecule has 0 saturated carbocycles. The highest BCUT2D eigenvalue weighted by Gasteiger charge is 2.11. The Morgan fingerprint density at radius 2 is 2.00 bits per heavy atom. The number of anilines is 1. The van der Waals surface area contributed by atoms with E-state index in [1.54, 1.807) is 18.5 Å². The van der Waals surface area contributed by atoms with Crippen molar-refractivity contribution in [3.63, 3.8) is 0 Å². The maximum atomic E-state index is 12.4. The van der Waals surface area contributed by atoms with E-state index in [-0.39, 0.29) is 5.91 Å². The minimum absolute atomic E-state index is 0.107. The molecule has 0 fully saturated rings. The fourth-order valence-corrected chi connectivity index (χ4v) is 2.41. The Bertz CT molecular complexity index is 833. The molecule has 2 N–H and O–H groups in total. The molecule has 0 radical (unpaired) electrons. The number of fused-ring (bicyclic) bond motifs is 1. The van der Waals surface area contributed by atoms with Crippen LogP contribution in [-0.2, 0) is 0 Å². The third kappa shape index (κ3) is 2.40. The average Bonchev–Trinajstić information content (AvgIpc) is 2.76. The highest BCUT2D eigenvalue weighted by atomic mass is 16.1. The number of aromatic amines is 1. The van der Waals surface area contributed by atoms with Gasteiger partial charge in [-0.15, -0.1) is 0 Å². The quantitative estimate of drug-likeness (QED) is 0.750. The molecule has 1 amide bonds. The minimum atomic E-state index is -0.107. The molecule has 4 heteroatoms. The number of pyridine rings is 1. The molecule has 3 rings (SSSR count). The van der Waals surface area contributed by atoms with Gasteiger partial charge in [0.15, 0.2) is 0 Å².